The first kappa shape index (κ1) is 64.1. The van der Waals surface area contributed by atoms with Gasteiger partial charge in [0.2, 0.25) is 0 Å². The molecule has 68 heavy (non-hydrogen) atoms. The van der Waals surface area contributed by atoms with Crippen LogP contribution in [0.2, 0.25) is 0 Å². The molecule has 0 aliphatic carbocycles. The lowest BCUT2D eigenvalue weighted by Gasteiger charge is -2.18. The van der Waals surface area contributed by atoms with Crippen molar-refractivity contribution in [2.24, 2.45) is 0 Å². The van der Waals surface area contributed by atoms with Gasteiger partial charge in [-0.05, 0) is 116 Å². The minimum absolute atomic E-state index is 0.110. The predicted molar refractivity (Wildman–Crippen MR) is 293 cm³/mol. The first-order valence-corrected chi connectivity index (χ1v) is 27.9. The minimum Gasteiger partial charge on any atom is -0.462 e. The van der Waals surface area contributed by atoms with Crippen LogP contribution < -0.4 is 0 Å². The van der Waals surface area contributed by atoms with Crippen molar-refractivity contribution < 1.29 is 28.6 Å². The fourth-order valence-electron chi connectivity index (χ4n) is 7.32. The Morgan fingerprint density at radius 3 is 1.00 bits per heavy atom. The quantitative estimate of drug-likeness (QED) is 0.0262. The second kappa shape index (κ2) is 55.7. The van der Waals surface area contributed by atoms with E-state index in [-0.39, 0.29) is 37.5 Å². The lowest BCUT2D eigenvalue weighted by molar-refractivity contribution is -0.166. The van der Waals surface area contributed by atoms with Gasteiger partial charge in [0.1, 0.15) is 13.2 Å². The van der Waals surface area contributed by atoms with E-state index in [1.807, 2.05) is 6.08 Å². The number of hydrogen-bond donors (Lipinski definition) is 0. The van der Waals surface area contributed by atoms with Gasteiger partial charge in [-0.2, -0.15) is 0 Å². The molecule has 0 rings (SSSR count). The molecule has 0 radical (unpaired) electrons. The molecule has 0 fully saturated rings. The van der Waals surface area contributed by atoms with E-state index in [1.165, 1.54) is 96.3 Å². The van der Waals surface area contributed by atoms with Crippen LogP contribution in [0, 0.1) is 0 Å². The Labute approximate surface area is 419 Å². The number of ether oxygens (including phenoxy) is 3. The summed E-state index contributed by atoms with van der Waals surface area (Å²) >= 11 is 0. The third-order valence-corrected chi connectivity index (χ3v) is 11.5. The zero-order chi connectivity index (χ0) is 49.3. The van der Waals surface area contributed by atoms with E-state index in [0.29, 0.717) is 19.3 Å². The largest absolute Gasteiger partial charge is 0.462 e. The third kappa shape index (κ3) is 53.0. The van der Waals surface area contributed by atoms with E-state index >= 15 is 0 Å². The summed E-state index contributed by atoms with van der Waals surface area (Å²) < 4.78 is 16.8. The number of carbonyl (C=O) groups excluding carboxylic acids is 3. The Balaban J connectivity index is 4.52. The molecule has 6 heteroatoms. The fourth-order valence-corrected chi connectivity index (χ4v) is 7.32. The molecular weight excluding hydrogens is 841 g/mol. The van der Waals surface area contributed by atoms with Crippen LogP contribution in [0.5, 0.6) is 0 Å². The normalized spacial score (nSPS) is 12.9. The van der Waals surface area contributed by atoms with E-state index in [2.05, 4.69) is 124 Å². The lowest BCUT2D eigenvalue weighted by Crippen LogP contribution is -2.30. The smallest absolute Gasteiger partial charge is 0.306 e. The van der Waals surface area contributed by atoms with Crippen LogP contribution >= 0.6 is 0 Å². The zero-order valence-electron chi connectivity index (χ0n) is 44.1. The van der Waals surface area contributed by atoms with E-state index < -0.39 is 6.10 Å². The number of hydrogen-bond acceptors (Lipinski definition) is 6. The maximum atomic E-state index is 12.8. The Kier molecular flexibility index (Phi) is 52.4. The second-order valence-corrected chi connectivity index (χ2v) is 18.1. The molecule has 0 aromatic carbocycles. The topological polar surface area (TPSA) is 78.9 Å². The summed E-state index contributed by atoms with van der Waals surface area (Å²) in [7, 11) is 0. The van der Waals surface area contributed by atoms with Crippen molar-refractivity contribution in [3.8, 4) is 0 Å². The molecule has 0 saturated carbocycles. The molecule has 0 aromatic rings. The van der Waals surface area contributed by atoms with Gasteiger partial charge in [-0.25, -0.2) is 0 Å². The van der Waals surface area contributed by atoms with Crippen LogP contribution in [-0.4, -0.2) is 37.2 Å². The van der Waals surface area contributed by atoms with Crippen LogP contribution in [0.3, 0.4) is 0 Å². The zero-order valence-corrected chi connectivity index (χ0v) is 44.1. The highest BCUT2D eigenvalue weighted by molar-refractivity contribution is 5.71. The van der Waals surface area contributed by atoms with Gasteiger partial charge < -0.3 is 14.2 Å². The molecule has 0 bridgehead atoms. The van der Waals surface area contributed by atoms with E-state index in [1.54, 1.807) is 0 Å². The molecule has 386 valence electrons. The minimum atomic E-state index is -0.818. The molecule has 0 aliphatic heterocycles. The summed E-state index contributed by atoms with van der Waals surface area (Å²) in [6.07, 6.45) is 75.1. The highest BCUT2D eigenvalue weighted by atomic mass is 16.6. The summed E-state index contributed by atoms with van der Waals surface area (Å²) in [6.45, 7) is 6.41. The molecule has 0 N–H and O–H groups in total. The van der Waals surface area contributed by atoms with Gasteiger partial charge in [-0.1, -0.05) is 220 Å². The van der Waals surface area contributed by atoms with Crippen LogP contribution in [-0.2, 0) is 28.6 Å². The Morgan fingerprint density at radius 1 is 0.309 bits per heavy atom. The van der Waals surface area contributed by atoms with Crippen molar-refractivity contribution >= 4 is 17.9 Å². The molecule has 0 spiro atoms. The van der Waals surface area contributed by atoms with Crippen LogP contribution in [0.15, 0.2) is 109 Å². The van der Waals surface area contributed by atoms with Crippen LogP contribution in [0.4, 0.5) is 0 Å². The monoisotopic (exact) mass is 943 g/mol. The van der Waals surface area contributed by atoms with Gasteiger partial charge in [0, 0.05) is 19.3 Å². The van der Waals surface area contributed by atoms with E-state index in [9.17, 15) is 14.4 Å². The highest BCUT2D eigenvalue weighted by Crippen LogP contribution is 2.13. The van der Waals surface area contributed by atoms with Gasteiger partial charge in [-0.15, -0.1) is 0 Å². The van der Waals surface area contributed by atoms with Crippen LogP contribution in [0.1, 0.15) is 245 Å². The SMILES string of the molecule is CC/C=C\C/C=C\C/C=C\C/C=C\C/C=C\C/C=C\CCC(=O)OCC(COC(=O)CCCCCCC/C=C\CCCCCC)OC(=O)CCCCCCCCC/C=C\C/C=C\CCCCCC. The predicted octanol–water partition coefficient (Wildman–Crippen LogP) is 18.7. The molecule has 0 saturated heterocycles. The number of allylic oxidation sites excluding steroid dienone is 18. The maximum absolute atomic E-state index is 12.8. The summed E-state index contributed by atoms with van der Waals surface area (Å²) in [4.78, 5) is 38.1. The molecule has 1 atom stereocenters. The number of carbonyl (C=O) groups is 3. The van der Waals surface area contributed by atoms with Gasteiger partial charge in [0.25, 0.3) is 0 Å². The summed E-state index contributed by atoms with van der Waals surface area (Å²) in [6, 6.07) is 0. The van der Waals surface area contributed by atoms with Crippen molar-refractivity contribution in [1.29, 1.82) is 0 Å². The molecule has 6 nitrogen and oxygen atoms in total. The Morgan fingerprint density at radius 2 is 0.603 bits per heavy atom. The molecule has 0 aromatic heterocycles. The van der Waals surface area contributed by atoms with Crippen molar-refractivity contribution in [2.45, 2.75) is 252 Å². The maximum Gasteiger partial charge on any atom is 0.306 e. The van der Waals surface area contributed by atoms with Crippen molar-refractivity contribution in [3.63, 3.8) is 0 Å². The van der Waals surface area contributed by atoms with E-state index in [0.717, 1.165) is 103 Å². The Hall–Kier alpha value is -3.93. The van der Waals surface area contributed by atoms with Crippen molar-refractivity contribution in [3.05, 3.63) is 109 Å². The second-order valence-electron chi connectivity index (χ2n) is 18.1. The average Bonchev–Trinajstić information content (AvgIpc) is 3.34. The number of esters is 3. The molecule has 0 amide bonds. The summed E-state index contributed by atoms with van der Waals surface area (Å²) in [5.41, 5.74) is 0. The summed E-state index contributed by atoms with van der Waals surface area (Å²) in [5.74, 6) is -1.02. The highest BCUT2D eigenvalue weighted by Gasteiger charge is 2.19. The third-order valence-electron chi connectivity index (χ3n) is 11.5. The standard InChI is InChI=1S/C62H102O6/c1-4-7-10-13-16-19-22-25-27-29-31-33-34-37-40-43-46-49-52-55-61(64)67-58-59(57-66-60(63)54-51-48-45-42-39-36-24-21-18-15-12-9-6-3)68-62(65)56-53-50-47-44-41-38-35-32-30-28-26-23-20-17-14-11-8-5-2/h7,10,16,19-21,23-25,27-28,30-31,33,37,40,46,49,59H,4-6,8-9,11-15,17-18,22,26,29,32,34-36,38-39,41-45,47-48,50-58H2,1-3H3/b10-7-,19-16-,23-20-,24-21-,27-25-,30-28-,33-31-,40-37-,49-46-. The lowest BCUT2D eigenvalue weighted by atomic mass is 10.1. The first-order chi connectivity index (χ1) is 33.5. The fraction of sp³-hybridized carbons (Fsp3) is 0.661. The molecule has 0 aliphatic rings. The number of unbranched alkanes of at least 4 members (excludes halogenated alkanes) is 20. The molecular formula is C62H102O6. The molecule has 0 heterocycles. The van der Waals surface area contributed by atoms with Gasteiger partial charge >= 0.3 is 17.9 Å². The van der Waals surface area contributed by atoms with Gasteiger partial charge in [-0.3, -0.25) is 14.4 Å². The van der Waals surface area contributed by atoms with Gasteiger partial charge in [0.15, 0.2) is 6.10 Å². The van der Waals surface area contributed by atoms with Crippen LogP contribution in [0.25, 0.3) is 0 Å². The Bertz CT molecular complexity index is 1410. The average molecular weight is 943 g/mol. The summed E-state index contributed by atoms with van der Waals surface area (Å²) in [5, 5.41) is 0. The molecule has 1 unspecified atom stereocenters. The van der Waals surface area contributed by atoms with Gasteiger partial charge in [0.05, 0.1) is 0 Å². The van der Waals surface area contributed by atoms with E-state index in [4.69, 9.17) is 14.2 Å². The first-order valence-electron chi connectivity index (χ1n) is 27.9. The van der Waals surface area contributed by atoms with Crippen molar-refractivity contribution in [1.82, 2.24) is 0 Å². The van der Waals surface area contributed by atoms with Crippen molar-refractivity contribution in [2.75, 3.05) is 13.2 Å². The number of rotatable bonds is 49.